The zero-order valence-corrected chi connectivity index (χ0v) is 11.6. The molecule has 112 valence electrons. The number of para-hydroxylation sites is 1. The predicted octanol–water partition coefficient (Wildman–Crippen LogP) is 2.83. The third-order valence-electron chi connectivity index (χ3n) is 2.73. The van der Waals surface area contributed by atoms with Gasteiger partial charge in [-0.2, -0.15) is 0 Å². The number of benzene rings is 2. The van der Waals surface area contributed by atoms with Crippen molar-refractivity contribution in [3.8, 4) is 0 Å². The van der Waals surface area contributed by atoms with Crippen molar-refractivity contribution in [1.82, 2.24) is 0 Å². The minimum Gasteiger partial charge on any atom is -0.396 e. The molecule has 0 saturated heterocycles. The summed E-state index contributed by atoms with van der Waals surface area (Å²) in [4.78, 5) is -0.171. The van der Waals surface area contributed by atoms with E-state index >= 15 is 0 Å². The summed E-state index contributed by atoms with van der Waals surface area (Å²) in [7, 11) is -3.59. The number of nitrogens with two attached hydrogens (primary N) is 1. The molecule has 0 atom stereocenters. The van der Waals surface area contributed by atoms with Crippen LogP contribution in [0.1, 0.15) is 0 Å². The predicted molar refractivity (Wildman–Crippen MR) is 73.6 cm³/mol. The molecular formula is C13H11F3N2O2S. The molecule has 0 heterocycles. The van der Waals surface area contributed by atoms with Crippen LogP contribution in [0.4, 0.5) is 30.2 Å². The third-order valence-corrected chi connectivity index (χ3v) is 3.89. The topological polar surface area (TPSA) is 72.2 Å². The van der Waals surface area contributed by atoms with E-state index in [1.54, 1.807) is 0 Å². The van der Waals surface area contributed by atoms with E-state index in [1.807, 2.05) is 0 Å². The molecule has 0 saturated carbocycles. The van der Waals surface area contributed by atoms with E-state index in [-0.39, 0.29) is 16.3 Å². The molecule has 2 aromatic rings. The quantitative estimate of drug-likeness (QED) is 0.854. The number of hydrogen-bond acceptors (Lipinski definition) is 4. The van der Waals surface area contributed by atoms with Crippen LogP contribution in [0.25, 0.3) is 0 Å². The number of anilines is 3. The molecule has 0 radical (unpaired) electrons. The van der Waals surface area contributed by atoms with Crippen molar-refractivity contribution in [2.45, 2.75) is 4.90 Å². The van der Waals surface area contributed by atoms with Crippen molar-refractivity contribution >= 4 is 26.9 Å². The monoisotopic (exact) mass is 316 g/mol. The molecule has 0 bridgehead atoms. The molecule has 0 unspecified atom stereocenters. The van der Waals surface area contributed by atoms with Gasteiger partial charge in [0.2, 0.25) is 0 Å². The van der Waals surface area contributed by atoms with Gasteiger partial charge in [-0.15, -0.1) is 0 Å². The molecule has 0 spiro atoms. The molecule has 0 aromatic heterocycles. The first-order valence-electron chi connectivity index (χ1n) is 5.70. The Kier molecular flexibility index (Phi) is 3.82. The van der Waals surface area contributed by atoms with Crippen LogP contribution in [0.2, 0.25) is 0 Å². The Morgan fingerprint density at radius 3 is 2.19 bits per heavy atom. The van der Waals surface area contributed by atoms with Gasteiger partial charge in [-0.3, -0.25) is 0 Å². The van der Waals surface area contributed by atoms with Crippen LogP contribution in [-0.2, 0) is 9.84 Å². The first-order chi connectivity index (χ1) is 9.70. The van der Waals surface area contributed by atoms with Crippen LogP contribution >= 0.6 is 0 Å². The van der Waals surface area contributed by atoms with Crippen molar-refractivity contribution in [3.63, 3.8) is 0 Å². The molecule has 0 aliphatic carbocycles. The second-order valence-electron chi connectivity index (χ2n) is 4.36. The van der Waals surface area contributed by atoms with Gasteiger partial charge in [0.1, 0.15) is 11.5 Å². The zero-order chi connectivity index (χ0) is 15.8. The number of rotatable bonds is 3. The fourth-order valence-electron chi connectivity index (χ4n) is 1.77. The van der Waals surface area contributed by atoms with Crippen molar-refractivity contribution in [2.75, 3.05) is 17.3 Å². The number of nitrogens with one attached hydrogen (secondary N) is 1. The van der Waals surface area contributed by atoms with Gasteiger partial charge in [-0.05, 0) is 12.1 Å². The van der Waals surface area contributed by atoms with Crippen LogP contribution < -0.4 is 11.1 Å². The van der Waals surface area contributed by atoms with Crippen molar-refractivity contribution in [2.24, 2.45) is 0 Å². The molecule has 4 nitrogen and oxygen atoms in total. The summed E-state index contributed by atoms with van der Waals surface area (Å²) in [5.74, 6) is -3.37. The Morgan fingerprint density at radius 2 is 1.67 bits per heavy atom. The Hall–Kier alpha value is -2.22. The second kappa shape index (κ2) is 5.28. The van der Waals surface area contributed by atoms with Crippen LogP contribution in [0.15, 0.2) is 35.2 Å². The lowest BCUT2D eigenvalue weighted by Gasteiger charge is -2.13. The molecule has 2 aromatic carbocycles. The fraction of sp³-hybridized carbons (Fsp3) is 0.0769. The molecule has 0 aliphatic heterocycles. The summed E-state index contributed by atoms with van der Waals surface area (Å²) in [6, 6.07) is 5.00. The van der Waals surface area contributed by atoms with Gasteiger partial charge < -0.3 is 11.1 Å². The lowest BCUT2D eigenvalue weighted by Crippen LogP contribution is -2.06. The highest BCUT2D eigenvalue weighted by molar-refractivity contribution is 7.90. The number of hydrogen-bond donors (Lipinski definition) is 2. The maximum absolute atomic E-state index is 13.6. The minimum atomic E-state index is -3.59. The van der Waals surface area contributed by atoms with E-state index in [0.717, 1.165) is 6.26 Å². The van der Waals surface area contributed by atoms with Gasteiger partial charge in [0.25, 0.3) is 0 Å². The lowest BCUT2D eigenvalue weighted by molar-refractivity contribution is 0.549. The van der Waals surface area contributed by atoms with Gasteiger partial charge in [-0.25, -0.2) is 21.6 Å². The largest absolute Gasteiger partial charge is 0.396 e. The number of sulfone groups is 1. The van der Waals surface area contributed by atoms with Crippen molar-refractivity contribution in [1.29, 1.82) is 0 Å². The van der Waals surface area contributed by atoms with Gasteiger partial charge >= 0.3 is 0 Å². The van der Waals surface area contributed by atoms with Crippen molar-refractivity contribution < 1.29 is 21.6 Å². The highest BCUT2D eigenvalue weighted by atomic mass is 32.2. The first kappa shape index (κ1) is 15.2. The summed E-state index contributed by atoms with van der Waals surface area (Å²) in [5.41, 5.74) is 4.89. The number of nitrogen functional groups attached to an aromatic ring is 1. The Bertz CT molecular complexity index is 784. The summed E-state index contributed by atoms with van der Waals surface area (Å²) >= 11 is 0. The fourth-order valence-corrected chi connectivity index (χ4v) is 2.61. The van der Waals surface area contributed by atoms with E-state index in [1.165, 1.54) is 18.2 Å². The number of halogens is 3. The lowest BCUT2D eigenvalue weighted by atomic mass is 10.2. The molecule has 3 N–H and O–H groups in total. The average Bonchev–Trinajstić information content (AvgIpc) is 2.33. The SMILES string of the molecule is CS(=O)(=O)c1cccc(Nc2c(F)cc(F)cc2F)c1N. The molecule has 8 heteroatoms. The summed E-state index contributed by atoms with van der Waals surface area (Å²) in [5, 5.41) is 2.34. The second-order valence-corrected chi connectivity index (χ2v) is 6.34. The van der Waals surface area contributed by atoms with E-state index in [9.17, 15) is 21.6 Å². The Morgan fingerprint density at radius 1 is 1.10 bits per heavy atom. The maximum Gasteiger partial charge on any atom is 0.177 e. The first-order valence-corrected chi connectivity index (χ1v) is 7.59. The molecule has 0 aliphatic rings. The summed E-state index contributed by atoms with van der Waals surface area (Å²) < 4.78 is 63.0. The van der Waals surface area contributed by atoms with Crippen LogP contribution in [0, 0.1) is 17.5 Å². The smallest absolute Gasteiger partial charge is 0.177 e. The summed E-state index contributed by atoms with van der Waals surface area (Å²) in [6.45, 7) is 0. The normalized spacial score (nSPS) is 11.4. The van der Waals surface area contributed by atoms with E-state index in [4.69, 9.17) is 5.73 Å². The maximum atomic E-state index is 13.6. The highest BCUT2D eigenvalue weighted by Gasteiger charge is 2.17. The average molecular weight is 316 g/mol. The van der Waals surface area contributed by atoms with Gasteiger partial charge in [0.05, 0.1) is 16.3 Å². The molecule has 0 fully saturated rings. The molecule has 21 heavy (non-hydrogen) atoms. The van der Waals surface area contributed by atoms with Gasteiger partial charge in [-0.1, -0.05) is 6.07 Å². The van der Waals surface area contributed by atoms with Gasteiger partial charge in [0.15, 0.2) is 21.5 Å². The minimum absolute atomic E-state index is 0.00216. The van der Waals surface area contributed by atoms with Crippen LogP contribution in [0.5, 0.6) is 0 Å². The van der Waals surface area contributed by atoms with Crippen LogP contribution in [-0.4, -0.2) is 14.7 Å². The standard InChI is InChI=1S/C13H11F3N2O2S/c1-21(19,20)11-4-2-3-10(12(11)17)18-13-8(15)5-7(14)6-9(13)16/h2-6,18H,17H2,1H3. The Labute approximate surface area is 119 Å². The molecule has 0 amide bonds. The van der Waals surface area contributed by atoms with Crippen LogP contribution in [0.3, 0.4) is 0 Å². The highest BCUT2D eigenvalue weighted by Crippen LogP contribution is 2.31. The van der Waals surface area contributed by atoms with E-state index in [0.29, 0.717) is 12.1 Å². The third kappa shape index (κ3) is 3.10. The molecule has 2 rings (SSSR count). The van der Waals surface area contributed by atoms with Gasteiger partial charge in [0, 0.05) is 18.4 Å². The zero-order valence-electron chi connectivity index (χ0n) is 10.8. The summed E-state index contributed by atoms with van der Waals surface area (Å²) in [6.07, 6.45) is 0.960. The van der Waals surface area contributed by atoms with Crippen molar-refractivity contribution in [3.05, 3.63) is 47.8 Å². The Balaban J connectivity index is 2.51. The molecular weight excluding hydrogens is 305 g/mol. The van der Waals surface area contributed by atoms with E-state index < -0.39 is 33.0 Å². The van der Waals surface area contributed by atoms with E-state index in [2.05, 4.69) is 5.32 Å².